The predicted molar refractivity (Wildman–Crippen MR) is 123 cm³/mol. The van der Waals surface area contributed by atoms with Gasteiger partial charge in [-0.2, -0.15) is 0 Å². The van der Waals surface area contributed by atoms with Crippen molar-refractivity contribution < 1.29 is 4.57 Å². The number of hydrogen-bond donors (Lipinski definition) is 0. The average Bonchev–Trinajstić information content (AvgIpc) is 3.47. The van der Waals surface area contributed by atoms with Crippen molar-refractivity contribution >= 4 is 22.1 Å². The number of aromatic nitrogens is 4. The molecule has 7 rings (SSSR count). The molecule has 0 N–H and O–H groups in total. The summed E-state index contributed by atoms with van der Waals surface area (Å²) in [6.07, 6.45) is 1.89. The quantitative estimate of drug-likeness (QED) is 0.363. The second-order valence-electron chi connectivity index (χ2n) is 7.95. The first kappa shape index (κ1) is 16.6. The minimum Gasteiger partial charge on any atom is -0.249 e. The third-order valence-electron chi connectivity index (χ3n) is 6.23. The molecule has 4 heterocycles. The maximum absolute atomic E-state index is 4.79. The molecule has 4 heteroatoms. The molecule has 0 amide bonds. The Morgan fingerprint density at radius 1 is 0.677 bits per heavy atom. The third kappa shape index (κ3) is 2.19. The Bertz CT molecular complexity index is 1590. The summed E-state index contributed by atoms with van der Waals surface area (Å²) >= 11 is 0. The van der Waals surface area contributed by atoms with E-state index in [0.29, 0.717) is 0 Å². The van der Waals surface area contributed by atoms with Gasteiger partial charge in [0.1, 0.15) is 22.6 Å². The fourth-order valence-electron chi connectivity index (χ4n) is 4.99. The number of para-hydroxylation sites is 3. The average molecular weight is 399 g/mol. The number of nitrogens with zero attached hydrogens (tertiary/aromatic N) is 4. The van der Waals surface area contributed by atoms with Crippen LogP contribution in [0.2, 0.25) is 0 Å². The van der Waals surface area contributed by atoms with Crippen LogP contribution in [0.1, 0.15) is 5.56 Å². The van der Waals surface area contributed by atoms with E-state index in [1.54, 1.807) is 0 Å². The van der Waals surface area contributed by atoms with Crippen molar-refractivity contribution in [2.45, 2.75) is 6.54 Å². The summed E-state index contributed by atoms with van der Waals surface area (Å²) < 4.78 is 7.20. The normalized spacial score (nSPS) is 12.4. The van der Waals surface area contributed by atoms with Gasteiger partial charge in [-0.05, 0) is 42.5 Å². The minimum atomic E-state index is 0.817. The fraction of sp³-hybridized carbons (Fsp3) is 0.0370. The van der Waals surface area contributed by atoms with Gasteiger partial charge in [0.25, 0.3) is 11.5 Å². The molecule has 3 aromatic heterocycles. The summed E-state index contributed by atoms with van der Waals surface area (Å²) in [6.45, 7) is 0.817. The number of rotatable bonds is 2. The molecule has 31 heavy (non-hydrogen) atoms. The van der Waals surface area contributed by atoms with E-state index in [4.69, 9.17) is 4.98 Å². The second kappa shape index (κ2) is 6.16. The molecule has 0 spiro atoms. The van der Waals surface area contributed by atoms with E-state index in [0.717, 1.165) is 29.4 Å². The Balaban J connectivity index is 1.73. The highest BCUT2D eigenvalue weighted by Crippen LogP contribution is 2.38. The Kier molecular flexibility index (Phi) is 3.30. The van der Waals surface area contributed by atoms with Crippen LogP contribution in [0.3, 0.4) is 0 Å². The summed E-state index contributed by atoms with van der Waals surface area (Å²) in [7, 11) is 0. The zero-order valence-electron chi connectivity index (χ0n) is 16.8. The summed E-state index contributed by atoms with van der Waals surface area (Å²) in [5.74, 6) is 1.14. The lowest BCUT2D eigenvalue weighted by molar-refractivity contribution is -0.648. The molecular weight excluding hydrogens is 380 g/mol. The summed E-state index contributed by atoms with van der Waals surface area (Å²) in [6, 6.07) is 34.2. The van der Waals surface area contributed by atoms with E-state index in [9.17, 15) is 0 Å². The lowest BCUT2D eigenvalue weighted by Crippen LogP contribution is -2.33. The highest BCUT2D eigenvalue weighted by Gasteiger charge is 2.38. The van der Waals surface area contributed by atoms with E-state index in [1.165, 1.54) is 27.6 Å². The summed E-state index contributed by atoms with van der Waals surface area (Å²) in [4.78, 5) is 4.79. The standard InChI is InChI=1S/C27H19N4/c1-3-11-20(12-4-1)30-23-16-8-7-15-22(23)25-27(30)29-18-19-10-9-17-28-24(19)26(29)31(25)21-13-5-2-6-14-21/h1-17H,18H2/q+1. The Morgan fingerprint density at radius 3 is 2.13 bits per heavy atom. The van der Waals surface area contributed by atoms with Crippen LogP contribution >= 0.6 is 0 Å². The largest absolute Gasteiger partial charge is 0.275 e. The molecule has 0 radical (unpaired) electrons. The van der Waals surface area contributed by atoms with Gasteiger partial charge in [-0.15, -0.1) is 0 Å². The Morgan fingerprint density at radius 2 is 1.35 bits per heavy atom. The maximum Gasteiger partial charge on any atom is 0.275 e. The topological polar surface area (TPSA) is 26.6 Å². The summed E-state index contributed by atoms with van der Waals surface area (Å²) in [5.41, 5.74) is 8.26. The first-order valence-electron chi connectivity index (χ1n) is 10.5. The van der Waals surface area contributed by atoms with Crippen molar-refractivity contribution in [2.24, 2.45) is 0 Å². The Labute approximate surface area is 179 Å². The molecule has 1 aliphatic heterocycles. The molecular formula is C27H19N4+. The molecule has 146 valence electrons. The molecule has 3 aromatic carbocycles. The highest BCUT2D eigenvalue weighted by molar-refractivity contribution is 6.06. The predicted octanol–water partition coefficient (Wildman–Crippen LogP) is 5.29. The SMILES string of the molecule is c1ccc(-n2c3[n+](c4c2c2ccccc2n4-c2ccccc2)Cc2cccnc2-3)cc1. The smallest absolute Gasteiger partial charge is 0.249 e. The van der Waals surface area contributed by atoms with E-state index in [1.807, 2.05) is 12.3 Å². The maximum atomic E-state index is 4.79. The van der Waals surface area contributed by atoms with Crippen LogP contribution in [0.15, 0.2) is 103 Å². The van der Waals surface area contributed by atoms with E-state index in [2.05, 4.69) is 105 Å². The van der Waals surface area contributed by atoms with Crippen molar-refractivity contribution in [1.82, 2.24) is 14.1 Å². The lowest BCUT2D eigenvalue weighted by atomic mass is 10.2. The fourth-order valence-corrected chi connectivity index (χ4v) is 4.99. The molecule has 6 aromatic rings. The number of pyridine rings is 1. The number of fused-ring (bicyclic) bond motifs is 7. The van der Waals surface area contributed by atoms with Crippen LogP contribution in [0.4, 0.5) is 0 Å². The third-order valence-corrected chi connectivity index (χ3v) is 6.23. The van der Waals surface area contributed by atoms with E-state index < -0.39 is 0 Å². The van der Waals surface area contributed by atoms with Gasteiger partial charge >= 0.3 is 0 Å². The molecule has 0 aliphatic carbocycles. The van der Waals surface area contributed by atoms with Crippen LogP contribution in [0.5, 0.6) is 0 Å². The Hall–Kier alpha value is -4.18. The van der Waals surface area contributed by atoms with Crippen LogP contribution in [-0.4, -0.2) is 14.1 Å². The van der Waals surface area contributed by atoms with Gasteiger partial charge in [0, 0.05) is 11.8 Å². The minimum absolute atomic E-state index is 0.817. The van der Waals surface area contributed by atoms with Crippen molar-refractivity contribution in [3.05, 3.63) is 109 Å². The van der Waals surface area contributed by atoms with Gasteiger partial charge in [0.2, 0.25) is 0 Å². The second-order valence-corrected chi connectivity index (χ2v) is 7.95. The molecule has 1 aliphatic rings. The van der Waals surface area contributed by atoms with Crippen molar-refractivity contribution in [3.8, 4) is 22.9 Å². The van der Waals surface area contributed by atoms with Crippen molar-refractivity contribution in [1.29, 1.82) is 0 Å². The van der Waals surface area contributed by atoms with Crippen molar-refractivity contribution in [2.75, 3.05) is 0 Å². The van der Waals surface area contributed by atoms with Gasteiger partial charge in [-0.3, -0.25) is 0 Å². The molecule has 0 unspecified atom stereocenters. The first-order valence-corrected chi connectivity index (χ1v) is 10.5. The number of benzene rings is 3. The van der Waals surface area contributed by atoms with E-state index >= 15 is 0 Å². The number of imidazole rings is 1. The van der Waals surface area contributed by atoms with Crippen molar-refractivity contribution in [3.63, 3.8) is 0 Å². The zero-order valence-corrected chi connectivity index (χ0v) is 16.8. The summed E-state index contributed by atoms with van der Waals surface area (Å²) in [5, 5.41) is 1.24. The van der Waals surface area contributed by atoms with Crippen LogP contribution in [0.25, 0.3) is 45.0 Å². The lowest BCUT2D eigenvalue weighted by Gasteiger charge is -2.04. The molecule has 4 nitrogen and oxygen atoms in total. The molecule has 0 saturated heterocycles. The highest BCUT2D eigenvalue weighted by atomic mass is 15.3. The van der Waals surface area contributed by atoms with Crippen LogP contribution < -0.4 is 4.57 Å². The van der Waals surface area contributed by atoms with Crippen LogP contribution in [0, 0.1) is 0 Å². The molecule has 0 atom stereocenters. The van der Waals surface area contributed by atoms with Gasteiger partial charge in [-0.25, -0.2) is 18.7 Å². The van der Waals surface area contributed by atoms with Gasteiger partial charge < -0.3 is 0 Å². The number of hydrogen-bond acceptors (Lipinski definition) is 1. The molecule has 0 fully saturated rings. The van der Waals surface area contributed by atoms with Gasteiger partial charge in [-0.1, -0.05) is 54.6 Å². The zero-order chi connectivity index (χ0) is 20.4. The monoisotopic (exact) mass is 399 g/mol. The van der Waals surface area contributed by atoms with E-state index in [-0.39, 0.29) is 0 Å². The van der Waals surface area contributed by atoms with Gasteiger partial charge in [0.15, 0.2) is 5.52 Å². The molecule has 0 saturated carbocycles. The molecule has 0 bridgehead atoms. The van der Waals surface area contributed by atoms with Gasteiger partial charge in [0.05, 0.1) is 11.9 Å². The van der Waals surface area contributed by atoms with Crippen LogP contribution in [-0.2, 0) is 6.54 Å². The first-order chi connectivity index (χ1) is 15.4.